The van der Waals surface area contributed by atoms with Crippen LogP contribution in [-0.2, 0) is 20.8 Å². The van der Waals surface area contributed by atoms with Gasteiger partial charge in [-0.2, -0.15) is 0 Å². The monoisotopic (exact) mass is 436 g/mol. The molecule has 1 unspecified atom stereocenters. The fourth-order valence-electron chi connectivity index (χ4n) is 3.36. The van der Waals surface area contributed by atoms with Crippen LogP contribution in [0.5, 0.6) is 5.75 Å². The minimum Gasteiger partial charge on any atom is -0.494 e. The largest absolute Gasteiger partial charge is 0.494 e. The van der Waals surface area contributed by atoms with Crippen LogP contribution < -0.4 is 10.1 Å². The van der Waals surface area contributed by atoms with Crippen LogP contribution in [0.1, 0.15) is 39.2 Å². The molecule has 8 heteroatoms. The second-order valence-electron chi connectivity index (χ2n) is 7.20. The van der Waals surface area contributed by atoms with Crippen molar-refractivity contribution in [3.8, 4) is 5.75 Å². The Bertz CT molecular complexity index is 949. The molecule has 1 aliphatic heterocycles. The Morgan fingerprint density at radius 1 is 0.933 bits per heavy atom. The predicted octanol–water partition coefficient (Wildman–Crippen LogP) is 3.16. The standard InChI is InChI=1S/C22H23NO5S.Na/c1-12-13(2)20(25)17(14(3)19(12)24)5-4-10-28-16-8-6-15(7-9-16)11-18-21(26)23-22(27)29-18;/h6-9,18H,4-5,10-11H2,1-3H3,(H,23,26,27);. The average Bonchev–Trinajstić information content (AvgIpc) is 3.02. The summed E-state index contributed by atoms with van der Waals surface area (Å²) in [5, 5.41) is 1.59. The maximum Gasteiger partial charge on any atom is 0.286 e. The van der Waals surface area contributed by atoms with Gasteiger partial charge >= 0.3 is 0 Å². The summed E-state index contributed by atoms with van der Waals surface area (Å²) in [6.45, 7) is 5.53. The molecule has 30 heavy (non-hydrogen) atoms. The van der Waals surface area contributed by atoms with Gasteiger partial charge in [0.1, 0.15) is 5.75 Å². The molecule has 0 aromatic heterocycles. The van der Waals surface area contributed by atoms with Gasteiger partial charge in [0.2, 0.25) is 5.91 Å². The zero-order chi connectivity index (χ0) is 21.1. The SMILES string of the molecule is CC1=C(C)C(=O)C(CCCOc2ccc(CC3SC(=O)NC3=O)cc2)=C(C)C1=O.[Na]. The van der Waals surface area contributed by atoms with E-state index in [4.69, 9.17) is 4.74 Å². The van der Waals surface area contributed by atoms with Gasteiger partial charge in [-0.1, -0.05) is 23.9 Å². The van der Waals surface area contributed by atoms with Crippen molar-refractivity contribution < 1.29 is 23.9 Å². The summed E-state index contributed by atoms with van der Waals surface area (Å²) in [5.74, 6) is 0.346. The molecule has 1 aromatic rings. The van der Waals surface area contributed by atoms with Crippen LogP contribution in [-0.4, -0.2) is 64.1 Å². The number of thioether (sulfide) groups is 1. The molecule has 1 N–H and O–H groups in total. The first-order chi connectivity index (χ1) is 13.8. The van der Waals surface area contributed by atoms with Crippen molar-refractivity contribution in [2.45, 2.75) is 45.3 Å². The first-order valence-electron chi connectivity index (χ1n) is 9.47. The van der Waals surface area contributed by atoms with Gasteiger partial charge in [0, 0.05) is 51.8 Å². The number of hydrogen-bond acceptors (Lipinski definition) is 6. The van der Waals surface area contributed by atoms with Crippen LogP contribution in [0.15, 0.2) is 46.6 Å². The van der Waals surface area contributed by atoms with Gasteiger partial charge < -0.3 is 4.74 Å². The van der Waals surface area contributed by atoms with E-state index in [1.165, 1.54) is 0 Å². The summed E-state index contributed by atoms with van der Waals surface area (Å²) in [6.07, 6.45) is 1.61. The number of ketones is 2. The second-order valence-corrected chi connectivity index (χ2v) is 8.37. The molecule has 1 fully saturated rings. The van der Waals surface area contributed by atoms with E-state index in [0.29, 0.717) is 53.9 Å². The third kappa shape index (κ3) is 5.52. The third-order valence-electron chi connectivity index (χ3n) is 5.26. The van der Waals surface area contributed by atoms with Crippen molar-refractivity contribution in [2.75, 3.05) is 6.61 Å². The van der Waals surface area contributed by atoms with Crippen LogP contribution in [0.25, 0.3) is 0 Å². The fourth-order valence-corrected chi connectivity index (χ4v) is 4.22. The van der Waals surface area contributed by atoms with Gasteiger partial charge in [-0.05, 0) is 57.7 Å². The number of allylic oxidation sites excluding steroid dienone is 4. The number of imide groups is 1. The number of amides is 2. The Morgan fingerprint density at radius 3 is 2.17 bits per heavy atom. The Labute approximate surface area is 202 Å². The van der Waals surface area contributed by atoms with Gasteiger partial charge in [0.25, 0.3) is 5.24 Å². The number of Topliss-reactive ketones (excluding diaryl/α,β-unsaturated/α-hetero) is 2. The number of benzene rings is 1. The van der Waals surface area contributed by atoms with E-state index in [9.17, 15) is 19.2 Å². The number of ether oxygens (including phenoxy) is 1. The van der Waals surface area contributed by atoms with E-state index < -0.39 is 0 Å². The Hall–Kier alpha value is -1.67. The van der Waals surface area contributed by atoms with E-state index in [1.807, 2.05) is 24.3 Å². The smallest absolute Gasteiger partial charge is 0.286 e. The minimum absolute atomic E-state index is 0. The molecule has 3 rings (SSSR count). The predicted molar refractivity (Wildman–Crippen MR) is 117 cm³/mol. The molecule has 1 heterocycles. The molecule has 0 saturated carbocycles. The van der Waals surface area contributed by atoms with Crippen LogP contribution in [0.4, 0.5) is 4.79 Å². The van der Waals surface area contributed by atoms with Crippen molar-refractivity contribution in [3.63, 3.8) is 0 Å². The average molecular weight is 436 g/mol. The van der Waals surface area contributed by atoms with Crippen LogP contribution >= 0.6 is 11.8 Å². The third-order valence-corrected chi connectivity index (χ3v) is 6.24. The normalized spacial score (nSPS) is 19.2. The van der Waals surface area contributed by atoms with Crippen LogP contribution in [0.2, 0.25) is 0 Å². The van der Waals surface area contributed by atoms with Gasteiger partial charge in [-0.25, -0.2) is 0 Å². The van der Waals surface area contributed by atoms with Crippen molar-refractivity contribution >= 4 is 64.0 Å². The number of rotatable bonds is 7. The van der Waals surface area contributed by atoms with Gasteiger partial charge in [-0.3, -0.25) is 24.5 Å². The number of hydrogen-bond donors (Lipinski definition) is 1. The van der Waals surface area contributed by atoms with Gasteiger partial charge in [0.05, 0.1) is 11.9 Å². The minimum atomic E-state index is -0.386. The summed E-state index contributed by atoms with van der Waals surface area (Å²) >= 11 is 1.01. The molecule has 0 bridgehead atoms. The number of carbonyl (C=O) groups is 4. The van der Waals surface area contributed by atoms with E-state index in [-0.39, 0.29) is 57.5 Å². The molecule has 1 atom stereocenters. The number of carbonyl (C=O) groups excluding carboxylic acids is 4. The summed E-state index contributed by atoms with van der Waals surface area (Å²) in [5.41, 5.74) is 3.13. The Kier molecular flexibility index (Phi) is 8.67. The summed E-state index contributed by atoms with van der Waals surface area (Å²) in [4.78, 5) is 47.5. The second kappa shape index (κ2) is 10.6. The topological polar surface area (TPSA) is 89.5 Å². The quantitative estimate of drug-likeness (QED) is 0.401. The van der Waals surface area contributed by atoms with E-state index in [2.05, 4.69) is 5.32 Å². The Morgan fingerprint density at radius 2 is 1.57 bits per heavy atom. The molecular formula is C22H23NNaO5S. The van der Waals surface area contributed by atoms with Crippen molar-refractivity contribution in [1.29, 1.82) is 0 Å². The summed E-state index contributed by atoms with van der Waals surface area (Å²) < 4.78 is 5.74. The molecule has 1 aromatic carbocycles. The molecule has 1 saturated heterocycles. The number of nitrogens with one attached hydrogen (secondary N) is 1. The van der Waals surface area contributed by atoms with Crippen LogP contribution in [0.3, 0.4) is 0 Å². The molecule has 2 amide bonds. The summed E-state index contributed by atoms with van der Waals surface area (Å²) in [7, 11) is 0. The van der Waals surface area contributed by atoms with Crippen molar-refractivity contribution in [3.05, 3.63) is 52.1 Å². The maximum absolute atomic E-state index is 12.4. The zero-order valence-corrected chi connectivity index (χ0v) is 20.5. The van der Waals surface area contributed by atoms with Gasteiger partial charge in [0.15, 0.2) is 11.6 Å². The fraction of sp³-hybridized carbons (Fsp3) is 0.364. The van der Waals surface area contributed by atoms with Crippen molar-refractivity contribution in [2.24, 2.45) is 0 Å². The van der Waals surface area contributed by atoms with Crippen LogP contribution in [0, 0.1) is 0 Å². The molecule has 2 aliphatic rings. The maximum atomic E-state index is 12.4. The molecule has 0 spiro atoms. The molecule has 153 valence electrons. The van der Waals surface area contributed by atoms with E-state index in [0.717, 1.165) is 17.3 Å². The molecule has 1 aliphatic carbocycles. The molecule has 6 nitrogen and oxygen atoms in total. The first-order valence-corrected chi connectivity index (χ1v) is 10.4. The van der Waals surface area contributed by atoms with E-state index >= 15 is 0 Å². The van der Waals surface area contributed by atoms with E-state index in [1.54, 1.807) is 20.8 Å². The summed E-state index contributed by atoms with van der Waals surface area (Å²) in [6, 6.07) is 7.40. The van der Waals surface area contributed by atoms with Crippen molar-refractivity contribution in [1.82, 2.24) is 5.32 Å². The van der Waals surface area contributed by atoms with Gasteiger partial charge in [-0.15, -0.1) is 0 Å². The molecule has 1 radical (unpaired) electrons. The Balaban J connectivity index is 0.00000320. The zero-order valence-electron chi connectivity index (χ0n) is 17.7. The molecular weight excluding hydrogens is 413 g/mol. The first kappa shape index (κ1) is 24.6.